The van der Waals surface area contributed by atoms with Gasteiger partial charge in [-0.05, 0) is 62.9 Å². The van der Waals surface area contributed by atoms with E-state index < -0.39 is 0 Å². The van der Waals surface area contributed by atoms with Crippen molar-refractivity contribution in [2.45, 2.75) is 39.0 Å². The maximum atomic E-state index is 12.8. The number of benzene rings is 1. The molecule has 1 aromatic rings. The second kappa shape index (κ2) is 8.56. The zero-order valence-corrected chi connectivity index (χ0v) is 15.5. The molecule has 5 nitrogen and oxygen atoms in total. The van der Waals surface area contributed by atoms with Crippen LogP contribution in [0.5, 0.6) is 0 Å². The van der Waals surface area contributed by atoms with Crippen molar-refractivity contribution < 1.29 is 4.79 Å². The zero-order valence-electron chi connectivity index (χ0n) is 15.5. The Labute approximate surface area is 151 Å². The number of carbonyl (C=O) groups excluding carboxylic acids is 1. The molecule has 3 N–H and O–H groups in total. The van der Waals surface area contributed by atoms with Crippen molar-refractivity contribution in [1.29, 1.82) is 0 Å². The molecule has 0 unspecified atom stereocenters. The summed E-state index contributed by atoms with van der Waals surface area (Å²) in [5.74, 6) is 0.768. The number of carbonyl (C=O) groups is 1. The fraction of sp³-hybridized carbons (Fsp3) is 0.650. The molecule has 0 aliphatic carbocycles. The van der Waals surface area contributed by atoms with Crippen molar-refractivity contribution in [3.05, 3.63) is 23.8 Å². The molecule has 2 aliphatic rings. The van der Waals surface area contributed by atoms with Gasteiger partial charge in [-0.3, -0.25) is 4.79 Å². The van der Waals surface area contributed by atoms with Gasteiger partial charge in [0, 0.05) is 37.6 Å². The van der Waals surface area contributed by atoms with Crippen LogP contribution in [0.1, 0.15) is 49.4 Å². The average molecular weight is 345 g/mol. The summed E-state index contributed by atoms with van der Waals surface area (Å²) in [6.07, 6.45) is 6.26. The second-order valence-corrected chi connectivity index (χ2v) is 7.60. The van der Waals surface area contributed by atoms with Gasteiger partial charge in [0.25, 0.3) is 5.91 Å². The van der Waals surface area contributed by atoms with Crippen LogP contribution in [0.3, 0.4) is 0 Å². The minimum Gasteiger partial charge on any atom is -0.399 e. The number of anilines is 2. The van der Waals surface area contributed by atoms with E-state index in [1.54, 1.807) is 0 Å². The molecule has 5 heteroatoms. The Morgan fingerprint density at radius 2 is 1.88 bits per heavy atom. The summed E-state index contributed by atoms with van der Waals surface area (Å²) in [6, 6.07) is 5.73. The van der Waals surface area contributed by atoms with Gasteiger partial charge in [0.2, 0.25) is 0 Å². The largest absolute Gasteiger partial charge is 0.399 e. The van der Waals surface area contributed by atoms with Gasteiger partial charge in [-0.2, -0.15) is 0 Å². The molecule has 0 aromatic heterocycles. The van der Waals surface area contributed by atoms with Crippen molar-refractivity contribution in [3.63, 3.8) is 0 Å². The fourth-order valence-electron chi connectivity index (χ4n) is 3.87. The molecule has 138 valence electrons. The number of nitrogen functional groups attached to an aromatic ring is 1. The average Bonchev–Trinajstić information content (AvgIpc) is 2.63. The molecule has 0 atom stereocenters. The first-order valence-electron chi connectivity index (χ1n) is 9.78. The maximum Gasteiger partial charge on any atom is 0.253 e. The SMILES string of the molecule is CC1CCN(c2ccc(N)cc2C(=O)NCCN2CCCCC2)CC1. The van der Waals surface area contributed by atoms with Crippen LogP contribution in [0.15, 0.2) is 18.2 Å². The van der Waals surface area contributed by atoms with Gasteiger partial charge < -0.3 is 20.9 Å². The van der Waals surface area contributed by atoms with Crippen LogP contribution < -0.4 is 16.0 Å². The molecular weight excluding hydrogens is 312 g/mol. The lowest BCUT2D eigenvalue weighted by molar-refractivity contribution is 0.0947. The number of nitrogens with one attached hydrogen (secondary N) is 1. The first-order chi connectivity index (χ1) is 12.1. The Bertz CT molecular complexity index is 575. The van der Waals surface area contributed by atoms with Crippen molar-refractivity contribution in [1.82, 2.24) is 10.2 Å². The number of amides is 1. The molecule has 1 aromatic carbocycles. The Kier molecular flexibility index (Phi) is 6.19. The highest BCUT2D eigenvalue weighted by Gasteiger charge is 2.21. The van der Waals surface area contributed by atoms with Crippen LogP contribution in [0.4, 0.5) is 11.4 Å². The predicted octanol–water partition coefficient (Wildman–Crippen LogP) is 2.72. The molecule has 0 saturated carbocycles. The summed E-state index contributed by atoms with van der Waals surface area (Å²) in [7, 11) is 0. The van der Waals surface area contributed by atoms with Gasteiger partial charge in [-0.1, -0.05) is 13.3 Å². The third kappa shape index (κ3) is 4.88. The number of rotatable bonds is 5. The molecule has 2 aliphatic heterocycles. The van der Waals surface area contributed by atoms with Crippen LogP contribution >= 0.6 is 0 Å². The molecule has 2 heterocycles. The minimum absolute atomic E-state index is 0.00192. The standard InChI is InChI=1S/C20H32N4O/c1-16-7-12-24(13-8-16)19-6-5-17(21)15-18(19)20(25)22-9-14-23-10-3-2-4-11-23/h5-6,15-16H,2-4,7-14,21H2,1H3,(H,22,25). The van der Waals surface area contributed by atoms with Gasteiger partial charge in [0.1, 0.15) is 0 Å². The Hall–Kier alpha value is -1.75. The van der Waals surface area contributed by atoms with Crippen molar-refractivity contribution in [3.8, 4) is 0 Å². The van der Waals surface area contributed by atoms with E-state index in [1.165, 1.54) is 32.1 Å². The van der Waals surface area contributed by atoms with Crippen molar-refractivity contribution in [2.75, 3.05) is 49.9 Å². The third-order valence-corrected chi connectivity index (χ3v) is 5.55. The van der Waals surface area contributed by atoms with Gasteiger partial charge in [-0.25, -0.2) is 0 Å². The summed E-state index contributed by atoms with van der Waals surface area (Å²) in [5.41, 5.74) is 8.34. The van der Waals surface area contributed by atoms with Crippen LogP contribution in [0, 0.1) is 5.92 Å². The second-order valence-electron chi connectivity index (χ2n) is 7.60. The number of hydrogen-bond acceptors (Lipinski definition) is 4. The summed E-state index contributed by atoms with van der Waals surface area (Å²) in [6.45, 7) is 8.28. The maximum absolute atomic E-state index is 12.8. The summed E-state index contributed by atoms with van der Waals surface area (Å²) in [5, 5.41) is 3.10. The molecule has 0 radical (unpaired) electrons. The van der Waals surface area contributed by atoms with E-state index >= 15 is 0 Å². The number of hydrogen-bond donors (Lipinski definition) is 2. The van der Waals surface area contributed by atoms with E-state index in [9.17, 15) is 4.79 Å². The quantitative estimate of drug-likeness (QED) is 0.806. The predicted molar refractivity (Wildman–Crippen MR) is 104 cm³/mol. The van der Waals surface area contributed by atoms with Crippen LogP contribution in [-0.4, -0.2) is 50.1 Å². The molecule has 25 heavy (non-hydrogen) atoms. The monoisotopic (exact) mass is 344 g/mol. The smallest absolute Gasteiger partial charge is 0.253 e. The van der Waals surface area contributed by atoms with E-state index in [2.05, 4.69) is 22.0 Å². The van der Waals surface area contributed by atoms with E-state index in [0.29, 0.717) is 17.8 Å². The first-order valence-corrected chi connectivity index (χ1v) is 9.78. The molecule has 2 saturated heterocycles. The third-order valence-electron chi connectivity index (χ3n) is 5.55. The van der Waals surface area contributed by atoms with Gasteiger partial charge in [-0.15, -0.1) is 0 Å². The highest BCUT2D eigenvalue weighted by atomic mass is 16.1. The zero-order chi connectivity index (χ0) is 17.6. The van der Waals surface area contributed by atoms with Gasteiger partial charge in [0.05, 0.1) is 5.56 Å². The molecule has 1 amide bonds. The Morgan fingerprint density at radius 3 is 2.60 bits per heavy atom. The highest BCUT2D eigenvalue weighted by Crippen LogP contribution is 2.27. The lowest BCUT2D eigenvalue weighted by Crippen LogP contribution is -2.38. The summed E-state index contributed by atoms with van der Waals surface area (Å²) >= 11 is 0. The minimum atomic E-state index is -0.00192. The van der Waals surface area contributed by atoms with Gasteiger partial charge >= 0.3 is 0 Å². The van der Waals surface area contributed by atoms with E-state index in [0.717, 1.165) is 44.3 Å². The number of nitrogens with two attached hydrogens (primary N) is 1. The lowest BCUT2D eigenvalue weighted by atomic mass is 9.98. The molecule has 2 fully saturated rings. The van der Waals surface area contributed by atoms with Crippen LogP contribution in [0.25, 0.3) is 0 Å². The number of likely N-dealkylation sites (tertiary alicyclic amines) is 1. The molecule has 0 bridgehead atoms. The van der Waals surface area contributed by atoms with Crippen LogP contribution in [0.2, 0.25) is 0 Å². The Balaban J connectivity index is 1.61. The van der Waals surface area contributed by atoms with E-state index in [1.807, 2.05) is 18.2 Å². The van der Waals surface area contributed by atoms with Gasteiger partial charge in [0.15, 0.2) is 0 Å². The Morgan fingerprint density at radius 1 is 1.16 bits per heavy atom. The highest BCUT2D eigenvalue weighted by molar-refractivity contribution is 6.00. The topological polar surface area (TPSA) is 61.6 Å². The molecule has 3 rings (SSSR count). The van der Waals surface area contributed by atoms with Crippen molar-refractivity contribution in [2.24, 2.45) is 5.92 Å². The first kappa shape index (κ1) is 18.1. The van der Waals surface area contributed by atoms with Crippen LogP contribution in [-0.2, 0) is 0 Å². The summed E-state index contributed by atoms with van der Waals surface area (Å²) < 4.78 is 0. The molecule has 0 spiro atoms. The van der Waals surface area contributed by atoms with Crippen molar-refractivity contribution >= 4 is 17.3 Å². The van der Waals surface area contributed by atoms with E-state index in [4.69, 9.17) is 5.73 Å². The number of piperidine rings is 2. The fourth-order valence-corrected chi connectivity index (χ4v) is 3.87. The summed E-state index contributed by atoms with van der Waals surface area (Å²) in [4.78, 5) is 17.5. The van der Waals surface area contributed by atoms with E-state index in [-0.39, 0.29) is 5.91 Å². The normalized spacial score (nSPS) is 19.8. The lowest BCUT2D eigenvalue weighted by Gasteiger charge is -2.33. The molecular formula is C20H32N4O. The number of nitrogens with zero attached hydrogens (tertiary/aromatic N) is 2.